The third-order valence-corrected chi connectivity index (χ3v) is 8.10. The number of halogens is 1. The van der Waals surface area contributed by atoms with Crippen LogP contribution in [0.2, 0.25) is 5.02 Å². The molecule has 1 aromatic heterocycles. The number of amides is 1. The topological polar surface area (TPSA) is 70.8 Å². The smallest absolute Gasteiger partial charge is 0.254 e. The van der Waals surface area contributed by atoms with Gasteiger partial charge >= 0.3 is 0 Å². The Morgan fingerprint density at radius 2 is 1.75 bits per heavy atom. The lowest BCUT2D eigenvalue weighted by molar-refractivity contribution is 0.0657. The first-order chi connectivity index (χ1) is 17.4. The van der Waals surface area contributed by atoms with Crippen LogP contribution in [0.5, 0.6) is 0 Å². The molecule has 1 aliphatic rings. The Balaban J connectivity index is 1.37. The fourth-order valence-corrected chi connectivity index (χ4v) is 5.78. The van der Waals surface area contributed by atoms with Crippen LogP contribution in [0.25, 0.3) is 17.0 Å². The van der Waals surface area contributed by atoms with E-state index in [4.69, 9.17) is 16.0 Å². The Labute approximate surface area is 215 Å². The van der Waals surface area contributed by atoms with E-state index < -0.39 is 10.0 Å². The molecule has 5 rings (SSSR count). The van der Waals surface area contributed by atoms with Crippen molar-refractivity contribution in [1.82, 2.24) is 9.21 Å². The Hall–Kier alpha value is -3.39. The molecular weight excluding hydrogens is 496 g/mol. The van der Waals surface area contributed by atoms with Gasteiger partial charge in [0.2, 0.25) is 10.0 Å². The number of hydrogen-bond acceptors (Lipinski definition) is 4. The van der Waals surface area contributed by atoms with E-state index >= 15 is 0 Å². The van der Waals surface area contributed by atoms with Crippen molar-refractivity contribution in [2.75, 3.05) is 13.1 Å². The number of fused-ring (bicyclic) bond motifs is 1. The third kappa shape index (κ3) is 5.38. The van der Waals surface area contributed by atoms with Crippen LogP contribution in [0, 0.1) is 0 Å². The van der Waals surface area contributed by atoms with Gasteiger partial charge in [0, 0.05) is 40.5 Å². The second-order valence-electron chi connectivity index (χ2n) is 8.75. The Kier molecular flexibility index (Phi) is 6.96. The number of sulfonamides is 1. The van der Waals surface area contributed by atoms with Crippen LogP contribution in [-0.2, 0) is 16.6 Å². The lowest BCUT2D eigenvalue weighted by atomic mass is 10.1. The van der Waals surface area contributed by atoms with Gasteiger partial charge in [0.1, 0.15) is 11.3 Å². The molecule has 1 atom stereocenters. The minimum Gasteiger partial charge on any atom is -0.459 e. The highest BCUT2D eigenvalue weighted by molar-refractivity contribution is 7.92. The summed E-state index contributed by atoms with van der Waals surface area (Å²) < 4.78 is 33.5. The Bertz CT molecular complexity index is 1460. The SMILES string of the molecule is O=C(c1ccccc1)N(Cc1cc2ccccc2o1)C1CCN(S(=O)(=O)/C=C/c2ccc(Cl)cc2)C1. The van der Waals surface area contributed by atoms with Gasteiger partial charge in [0.05, 0.1) is 6.54 Å². The maximum absolute atomic E-state index is 13.5. The molecule has 184 valence electrons. The number of benzene rings is 3. The van der Waals surface area contributed by atoms with E-state index in [1.54, 1.807) is 47.4 Å². The van der Waals surface area contributed by atoms with E-state index in [9.17, 15) is 13.2 Å². The van der Waals surface area contributed by atoms with Crippen LogP contribution >= 0.6 is 11.6 Å². The lowest BCUT2D eigenvalue weighted by Gasteiger charge is -2.28. The van der Waals surface area contributed by atoms with E-state index in [-0.39, 0.29) is 25.0 Å². The minimum absolute atomic E-state index is 0.156. The molecule has 4 aromatic rings. The molecule has 6 nitrogen and oxygen atoms in total. The molecule has 1 fully saturated rings. The number of carbonyl (C=O) groups is 1. The molecule has 0 aliphatic carbocycles. The molecule has 36 heavy (non-hydrogen) atoms. The van der Waals surface area contributed by atoms with Gasteiger partial charge < -0.3 is 9.32 Å². The fourth-order valence-electron chi connectivity index (χ4n) is 4.42. The molecule has 0 spiro atoms. The number of hydrogen-bond donors (Lipinski definition) is 0. The summed E-state index contributed by atoms with van der Waals surface area (Å²) in [5.74, 6) is 0.501. The fraction of sp³-hybridized carbons (Fsp3) is 0.179. The zero-order valence-corrected chi connectivity index (χ0v) is 21.0. The maximum atomic E-state index is 13.5. The summed E-state index contributed by atoms with van der Waals surface area (Å²) in [6, 6.07) is 25.3. The number of para-hydroxylation sites is 1. The number of furan rings is 1. The zero-order valence-electron chi connectivity index (χ0n) is 19.5. The van der Waals surface area contributed by atoms with Crippen LogP contribution < -0.4 is 0 Å². The van der Waals surface area contributed by atoms with Crippen molar-refractivity contribution >= 4 is 44.6 Å². The van der Waals surface area contributed by atoms with Crippen LogP contribution in [0.1, 0.15) is 28.1 Å². The monoisotopic (exact) mass is 520 g/mol. The first-order valence-corrected chi connectivity index (χ1v) is 13.5. The molecule has 1 amide bonds. The first kappa shape index (κ1) is 24.3. The van der Waals surface area contributed by atoms with Gasteiger partial charge in [-0.25, -0.2) is 8.42 Å². The van der Waals surface area contributed by atoms with E-state index in [1.165, 1.54) is 9.71 Å². The van der Waals surface area contributed by atoms with Crippen molar-refractivity contribution < 1.29 is 17.6 Å². The second kappa shape index (κ2) is 10.3. The summed E-state index contributed by atoms with van der Waals surface area (Å²) in [5.41, 5.74) is 2.05. The molecule has 1 saturated heterocycles. The molecule has 2 heterocycles. The highest BCUT2D eigenvalue weighted by Gasteiger charge is 2.36. The van der Waals surface area contributed by atoms with Crippen LogP contribution in [-0.4, -0.2) is 42.7 Å². The molecule has 8 heteroatoms. The summed E-state index contributed by atoms with van der Waals surface area (Å²) >= 11 is 5.91. The van der Waals surface area contributed by atoms with Crippen LogP contribution in [0.4, 0.5) is 0 Å². The van der Waals surface area contributed by atoms with E-state index in [2.05, 4.69) is 0 Å². The molecule has 0 saturated carbocycles. The molecule has 3 aromatic carbocycles. The molecular formula is C28H25ClN2O4S. The van der Waals surface area contributed by atoms with Crippen molar-refractivity contribution in [3.8, 4) is 0 Å². The number of nitrogens with zero attached hydrogens (tertiary/aromatic N) is 2. The molecule has 0 bridgehead atoms. The normalized spacial score (nSPS) is 16.6. The van der Waals surface area contributed by atoms with Crippen molar-refractivity contribution in [1.29, 1.82) is 0 Å². The van der Waals surface area contributed by atoms with Gasteiger partial charge in [0.25, 0.3) is 5.91 Å². The third-order valence-electron chi connectivity index (χ3n) is 6.31. The van der Waals surface area contributed by atoms with Gasteiger partial charge in [0.15, 0.2) is 0 Å². The van der Waals surface area contributed by atoms with Crippen molar-refractivity contribution in [2.24, 2.45) is 0 Å². The molecule has 0 radical (unpaired) electrons. The summed E-state index contributed by atoms with van der Waals surface area (Å²) in [4.78, 5) is 15.3. The minimum atomic E-state index is -3.66. The van der Waals surface area contributed by atoms with E-state index in [0.29, 0.717) is 29.3 Å². The largest absolute Gasteiger partial charge is 0.459 e. The molecule has 1 aliphatic heterocycles. The maximum Gasteiger partial charge on any atom is 0.254 e. The average Bonchev–Trinajstić information content (AvgIpc) is 3.55. The highest BCUT2D eigenvalue weighted by atomic mass is 35.5. The van der Waals surface area contributed by atoms with E-state index in [1.807, 2.05) is 48.5 Å². The van der Waals surface area contributed by atoms with E-state index in [0.717, 1.165) is 16.5 Å². The summed E-state index contributed by atoms with van der Waals surface area (Å²) in [7, 11) is -3.66. The predicted molar refractivity (Wildman–Crippen MR) is 142 cm³/mol. The molecule has 0 N–H and O–H groups in total. The predicted octanol–water partition coefficient (Wildman–Crippen LogP) is 5.80. The second-order valence-corrected chi connectivity index (χ2v) is 11.0. The summed E-state index contributed by atoms with van der Waals surface area (Å²) in [5, 5.41) is 2.76. The van der Waals surface area contributed by atoms with Crippen molar-refractivity contribution in [3.63, 3.8) is 0 Å². The highest BCUT2D eigenvalue weighted by Crippen LogP contribution is 2.26. The van der Waals surface area contributed by atoms with Crippen LogP contribution in [0.15, 0.2) is 94.8 Å². The standard InChI is InChI=1S/C28H25ClN2O4S/c29-24-12-10-21(11-13-24)15-17-36(33,34)30-16-14-25(19-30)31(28(32)22-6-2-1-3-7-22)20-26-18-23-8-4-5-9-27(23)35-26/h1-13,15,17-18,25H,14,16,19-20H2/b17-15+. The van der Waals surface area contributed by atoms with Crippen LogP contribution in [0.3, 0.4) is 0 Å². The van der Waals surface area contributed by atoms with Gasteiger partial charge in [-0.05, 0) is 54.5 Å². The Morgan fingerprint density at radius 1 is 1.03 bits per heavy atom. The number of rotatable bonds is 7. The lowest BCUT2D eigenvalue weighted by Crippen LogP contribution is -2.42. The average molecular weight is 521 g/mol. The van der Waals surface area contributed by atoms with Gasteiger partial charge in [-0.15, -0.1) is 0 Å². The van der Waals surface area contributed by atoms with Gasteiger partial charge in [-0.2, -0.15) is 4.31 Å². The summed E-state index contributed by atoms with van der Waals surface area (Å²) in [6.45, 7) is 0.796. The first-order valence-electron chi connectivity index (χ1n) is 11.7. The zero-order chi connectivity index (χ0) is 25.1. The van der Waals surface area contributed by atoms with Gasteiger partial charge in [-0.3, -0.25) is 4.79 Å². The number of carbonyl (C=O) groups excluding carboxylic acids is 1. The van der Waals surface area contributed by atoms with Crippen molar-refractivity contribution in [3.05, 3.63) is 112 Å². The Morgan fingerprint density at radius 3 is 2.50 bits per heavy atom. The quantitative estimate of drug-likeness (QED) is 0.308. The van der Waals surface area contributed by atoms with Crippen molar-refractivity contribution in [2.45, 2.75) is 19.0 Å². The summed E-state index contributed by atoms with van der Waals surface area (Å²) in [6.07, 6.45) is 2.09. The van der Waals surface area contributed by atoms with Gasteiger partial charge in [-0.1, -0.05) is 60.1 Å². The molecule has 1 unspecified atom stereocenters.